The number of benzene rings is 1. The Bertz CT molecular complexity index is 570. The molecular formula is C14H15F2N3O2. The number of ether oxygens (including phenoxy) is 1. The van der Waals surface area contributed by atoms with Crippen molar-refractivity contribution in [1.82, 2.24) is 15.1 Å². The van der Waals surface area contributed by atoms with Crippen LogP contribution in [0.2, 0.25) is 0 Å². The lowest BCUT2D eigenvalue weighted by Gasteiger charge is -2.16. The molecule has 5 nitrogen and oxygen atoms in total. The summed E-state index contributed by atoms with van der Waals surface area (Å²) in [7, 11) is 1.70. The minimum atomic E-state index is -2.85. The van der Waals surface area contributed by atoms with Crippen LogP contribution < -0.4 is 4.74 Å². The fourth-order valence-electron chi connectivity index (χ4n) is 1.82. The molecule has 0 aliphatic carbocycles. The monoisotopic (exact) mass is 295 g/mol. The van der Waals surface area contributed by atoms with E-state index in [4.69, 9.17) is 0 Å². The van der Waals surface area contributed by atoms with Crippen molar-refractivity contribution in [1.29, 1.82) is 0 Å². The Kier molecular flexibility index (Phi) is 4.86. The first-order valence-electron chi connectivity index (χ1n) is 6.30. The predicted octanol–water partition coefficient (Wildman–Crippen LogP) is 2.21. The van der Waals surface area contributed by atoms with Crippen LogP contribution in [0, 0.1) is 0 Å². The summed E-state index contributed by atoms with van der Waals surface area (Å²) in [5.74, 6) is 0.00618. The molecule has 0 unspecified atom stereocenters. The average Bonchev–Trinajstić information content (AvgIpc) is 2.93. The molecule has 0 radical (unpaired) electrons. The molecule has 112 valence electrons. The highest BCUT2D eigenvalue weighted by Gasteiger charge is 2.11. The summed E-state index contributed by atoms with van der Waals surface area (Å²) in [6.07, 6.45) is 3.57. The smallest absolute Gasteiger partial charge is 0.387 e. The third-order valence-electron chi connectivity index (χ3n) is 2.90. The molecule has 0 saturated heterocycles. The van der Waals surface area contributed by atoms with Crippen molar-refractivity contribution in [2.75, 3.05) is 7.05 Å². The minimum Gasteiger partial charge on any atom is -0.435 e. The Labute approximate surface area is 120 Å². The highest BCUT2D eigenvalue weighted by Crippen LogP contribution is 2.15. The Morgan fingerprint density at radius 2 is 2.05 bits per heavy atom. The van der Waals surface area contributed by atoms with Gasteiger partial charge in [-0.25, -0.2) is 0 Å². The van der Waals surface area contributed by atoms with Gasteiger partial charge in [-0.2, -0.15) is 13.9 Å². The van der Waals surface area contributed by atoms with Crippen molar-refractivity contribution in [3.05, 3.63) is 47.8 Å². The number of carbonyl (C=O) groups excluding carboxylic acids is 1. The maximum absolute atomic E-state index is 12.0. The van der Waals surface area contributed by atoms with E-state index in [0.29, 0.717) is 6.54 Å². The number of carbonyl (C=O) groups is 1. The second kappa shape index (κ2) is 6.83. The number of aromatic amines is 1. The maximum atomic E-state index is 12.0. The molecule has 1 aromatic carbocycles. The first-order chi connectivity index (χ1) is 10.0. The molecule has 2 aromatic rings. The fourth-order valence-corrected chi connectivity index (χ4v) is 1.82. The third-order valence-corrected chi connectivity index (χ3v) is 2.90. The topological polar surface area (TPSA) is 58.2 Å². The van der Waals surface area contributed by atoms with Gasteiger partial charge in [0.2, 0.25) is 5.91 Å². The number of likely N-dealkylation sites (N-methyl/N-ethyl adjacent to an activating group) is 1. The number of hydrogen-bond acceptors (Lipinski definition) is 3. The van der Waals surface area contributed by atoms with Crippen molar-refractivity contribution in [3.63, 3.8) is 0 Å². The van der Waals surface area contributed by atoms with Gasteiger partial charge in [-0.1, -0.05) is 12.1 Å². The van der Waals surface area contributed by atoms with Crippen LogP contribution in [0.4, 0.5) is 8.78 Å². The van der Waals surface area contributed by atoms with E-state index >= 15 is 0 Å². The molecule has 0 spiro atoms. The average molecular weight is 295 g/mol. The van der Waals surface area contributed by atoms with Crippen molar-refractivity contribution in [2.45, 2.75) is 19.6 Å². The van der Waals surface area contributed by atoms with Gasteiger partial charge in [0.15, 0.2) is 0 Å². The normalized spacial score (nSPS) is 10.7. The highest BCUT2D eigenvalue weighted by molar-refractivity contribution is 5.78. The van der Waals surface area contributed by atoms with E-state index in [1.54, 1.807) is 36.5 Å². The van der Waals surface area contributed by atoms with Crippen LogP contribution in [0.25, 0.3) is 0 Å². The van der Waals surface area contributed by atoms with Crippen LogP contribution >= 0.6 is 0 Å². The van der Waals surface area contributed by atoms with E-state index in [0.717, 1.165) is 11.1 Å². The van der Waals surface area contributed by atoms with E-state index < -0.39 is 6.61 Å². The Morgan fingerprint density at radius 1 is 1.33 bits per heavy atom. The van der Waals surface area contributed by atoms with Crippen LogP contribution in [-0.4, -0.2) is 34.7 Å². The van der Waals surface area contributed by atoms with Gasteiger partial charge in [-0.15, -0.1) is 0 Å². The van der Waals surface area contributed by atoms with Crippen molar-refractivity contribution >= 4 is 5.91 Å². The highest BCUT2D eigenvalue weighted by atomic mass is 19.3. The molecule has 0 atom stereocenters. The number of halogens is 2. The number of H-pyrrole nitrogens is 1. The number of alkyl halides is 2. The number of hydrogen-bond donors (Lipinski definition) is 1. The van der Waals surface area contributed by atoms with Crippen LogP contribution in [0.1, 0.15) is 11.1 Å². The number of aromatic nitrogens is 2. The van der Waals surface area contributed by atoms with Crippen molar-refractivity contribution in [3.8, 4) is 5.75 Å². The van der Waals surface area contributed by atoms with Gasteiger partial charge in [0, 0.05) is 25.4 Å². The third kappa shape index (κ3) is 4.55. The number of nitrogens with one attached hydrogen (secondary N) is 1. The lowest BCUT2D eigenvalue weighted by molar-refractivity contribution is -0.129. The maximum Gasteiger partial charge on any atom is 0.387 e. The summed E-state index contributed by atoms with van der Waals surface area (Å²) in [6, 6.07) is 6.04. The zero-order valence-electron chi connectivity index (χ0n) is 11.4. The molecule has 2 rings (SSSR count). The Hall–Kier alpha value is -2.44. The summed E-state index contributed by atoms with van der Waals surface area (Å²) in [5.41, 5.74) is 1.65. The van der Waals surface area contributed by atoms with Gasteiger partial charge in [0.1, 0.15) is 5.75 Å². The molecule has 1 N–H and O–H groups in total. The summed E-state index contributed by atoms with van der Waals surface area (Å²) in [5, 5.41) is 6.50. The second-order valence-corrected chi connectivity index (χ2v) is 4.56. The van der Waals surface area contributed by atoms with Gasteiger partial charge >= 0.3 is 6.61 Å². The van der Waals surface area contributed by atoms with Crippen molar-refractivity contribution < 1.29 is 18.3 Å². The molecule has 0 fully saturated rings. The zero-order valence-corrected chi connectivity index (χ0v) is 11.4. The molecule has 1 amide bonds. The van der Waals surface area contributed by atoms with Crippen LogP contribution in [0.5, 0.6) is 5.75 Å². The molecular weight excluding hydrogens is 280 g/mol. The summed E-state index contributed by atoms with van der Waals surface area (Å²) in [4.78, 5) is 13.6. The van der Waals surface area contributed by atoms with E-state index in [2.05, 4.69) is 14.9 Å². The van der Waals surface area contributed by atoms with Crippen LogP contribution in [0.3, 0.4) is 0 Å². The fraction of sp³-hybridized carbons (Fsp3) is 0.286. The molecule has 1 heterocycles. The summed E-state index contributed by atoms with van der Waals surface area (Å²) < 4.78 is 28.3. The van der Waals surface area contributed by atoms with Crippen LogP contribution in [0.15, 0.2) is 36.7 Å². The summed E-state index contributed by atoms with van der Waals surface area (Å²) in [6.45, 7) is -2.39. The number of nitrogens with zero attached hydrogens (tertiary/aromatic N) is 2. The summed E-state index contributed by atoms with van der Waals surface area (Å²) >= 11 is 0. The zero-order chi connectivity index (χ0) is 15.2. The molecule has 21 heavy (non-hydrogen) atoms. The van der Waals surface area contributed by atoms with E-state index in [9.17, 15) is 13.6 Å². The SMILES string of the molecule is CN(Cc1cn[nH]c1)C(=O)Cc1ccc(OC(F)F)cc1. The van der Waals surface area contributed by atoms with Gasteiger partial charge in [-0.05, 0) is 17.7 Å². The predicted molar refractivity (Wildman–Crippen MR) is 71.8 cm³/mol. The minimum absolute atomic E-state index is 0.0706. The lowest BCUT2D eigenvalue weighted by atomic mass is 10.1. The van der Waals surface area contributed by atoms with Gasteiger partial charge in [0.05, 0.1) is 12.6 Å². The number of rotatable bonds is 6. The first kappa shape index (κ1) is 15.0. The van der Waals surface area contributed by atoms with E-state index in [-0.39, 0.29) is 18.1 Å². The quantitative estimate of drug-likeness (QED) is 0.889. The second-order valence-electron chi connectivity index (χ2n) is 4.56. The molecule has 0 saturated carbocycles. The largest absolute Gasteiger partial charge is 0.435 e. The molecule has 0 bridgehead atoms. The Morgan fingerprint density at radius 3 is 2.62 bits per heavy atom. The van der Waals surface area contributed by atoms with Gasteiger partial charge < -0.3 is 9.64 Å². The lowest BCUT2D eigenvalue weighted by Crippen LogP contribution is -2.27. The van der Waals surface area contributed by atoms with E-state index in [1.807, 2.05) is 0 Å². The van der Waals surface area contributed by atoms with Crippen LogP contribution in [-0.2, 0) is 17.8 Å². The molecule has 7 heteroatoms. The molecule has 0 aliphatic heterocycles. The molecule has 1 aromatic heterocycles. The standard InChI is InChI=1S/C14H15F2N3O2/c1-19(9-11-7-17-18-8-11)13(20)6-10-2-4-12(5-3-10)21-14(15)16/h2-5,7-8,14H,6,9H2,1H3,(H,17,18). The first-order valence-corrected chi connectivity index (χ1v) is 6.30. The van der Waals surface area contributed by atoms with Gasteiger partial charge in [-0.3, -0.25) is 9.89 Å². The number of amides is 1. The van der Waals surface area contributed by atoms with Crippen molar-refractivity contribution in [2.24, 2.45) is 0 Å². The Balaban J connectivity index is 1.89. The molecule has 0 aliphatic rings. The van der Waals surface area contributed by atoms with E-state index in [1.165, 1.54) is 12.1 Å². The van der Waals surface area contributed by atoms with Gasteiger partial charge in [0.25, 0.3) is 0 Å².